The van der Waals surface area contributed by atoms with Crippen molar-refractivity contribution in [1.82, 2.24) is 0 Å². The molecule has 1 aliphatic carbocycles. The van der Waals surface area contributed by atoms with Gasteiger partial charge in [0.05, 0.1) is 11.6 Å². The summed E-state index contributed by atoms with van der Waals surface area (Å²) in [6.07, 6.45) is 4.14. The SMILES string of the molecule is CC1(C)CCCC1(O)C1Cc2ccccc2N1. The Balaban J connectivity index is 1.90. The molecule has 2 unspecified atom stereocenters. The summed E-state index contributed by atoms with van der Waals surface area (Å²) >= 11 is 0. The summed E-state index contributed by atoms with van der Waals surface area (Å²) in [5.41, 5.74) is 2.00. The van der Waals surface area contributed by atoms with Crippen LogP contribution in [0.15, 0.2) is 24.3 Å². The highest BCUT2D eigenvalue weighted by Gasteiger charge is 2.53. The van der Waals surface area contributed by atoms with Gasteiger partial charge in [0.25, 0.3) is 0 Å². The molecule has 0 saturated heterocycles. The molecule has 17 heavy (non-hydrogen) atoms. The molecule has 2 nitrogen and oxygen atoms in total. The molecule has 1 aromatic rings. The number of benzene rings is 1. The van der Waals surface area contributed by atoms with Crippen molar-refractivity contribution in [2.24, 2.45) is 5.41 Å². The molecule has 1 fully saturated rings. The molecule has 1 aromatic carbocycles. The number of nitrogens with one attached hydrogen (secondary N) is 1. The molecule has 0 bridgehead atoms. The van der Waals surface area contributed by atoms with Gasteiger partial charge in [0.2, 0.25) is 0 Å². The average molecular weight is 231 g/mol. The van der Waals surface area contributed by atoms with Gasteiger partial charge in [-0.3, -0.25) is 0 Å². The highest BCUT2D eigenvalue weighted by Crippen LogP contribution is 2.50. The molecule has 0 radical (unpaired) electrons. The number of rotatable bonds is 1. The molecule has 1 heterocycles. The van der Waals surface area contributed by atoms with Gasteiger partial charge in [-0.25, -0.2) is 0 Å². The van der Waals surface area contributed by atoms with Crippen molar-refractivity contribution in [3.05, 3.63) is 29.8 Å². The highest BCUT2D eigenvalue weighted by molar-refractivity contribution is 5.57. The lowest BCUT2D eigenvalue weighted by Gasteiger charge is -2.41. The Bertz CT molecular complexity index is 415. The fraction of sp³-hybridized carbons (Fsp3) is 0.600. The molecule has 2 atom stereocenters. The molecule has 0 amide bonds. The van der Waals surface area contributed by atoms with Gasteiger partial charge in [0.15, 0.2) is 0 Å². The maximum Gasteiger partial charge on any atom is 0.0901 e. The molecule has 1 saturated carbocycles. The van der Waals surface area contributed by atoms with Gasteiger partial charge < -0.3 is 10.4 Å². The summed E-state index contributed by atoms with van der Waals surface area (Å²) in [7, 11) is 0. The fourth-order valence-corrected chi connectivity index (χ4v) is 3.59. The van der Waals surface area contributed by atoms with Gasteiger partial charge in [0, 0.05) is 5.69 Å². The van der Waals surface area contributed by atoms with E-state index >= 15 is 0 Å². The van der Waals surface area contributed by atoms with E-state index in [4.69, 9.17) is 0 Å². The van der Waals surface area contributed by atoms with Crippen LogP contribution in [0.25, 0.3) is 0 Å². The van der Waals surface area contributed by atoms with E-state index in [1.54, 1.807) is 0 Å². The van der Waals surface area contributed by atoms with E-state index in [9.17, 15) is 5.11 Å². The molecular weight excluding hydrogens is 210 g/mol. The van der Waals surface area contributed by atoms with E-state index in [1.165, 1.54) is 11.3 Å². The van der Waals surface area contributed by atoms with E-state index in [0.717, 1.165) is 25.7 Å². The average Bonchev–Trinajstić information content (AvgIpc) is 2.82. The van der Waals surface area contributed by atoms with Gasteiger partial charge >= 0.3 is 0 Å². The first-order valence-electron chi connectivity index (χ1n) is 6.60. The summed E-state index contributed by atoms with van der Waals surface area (Å²) in [6.45, 7) is 4.40. The number of hydrogen-bond acceptors (Lipinski definition) is 2. The summed E-state index contributed by atoms with van der Waals surface area (Å²) in [5.74, 6) is 0. The first-order chi connectivity index (χ1) is 8.03. The van der Waals surface area contributed by atoms with Crippen molar-refractivity contribution >= 4 is 5.69 Å². The molecule has 2 aliphatic rings. The molecular formula is C15H21NO. The first-order valence-corrected chi connectivity index (χ1v) is 6.60. The van der Waals surface area contributed by atoms with Crippen molar-refractivity contribution < 1.29 is 5.11 Å². The Morgan fingerprint density at radius 3 is 2.65 bits per heavy atom. The van der Waals surface area contributed by atoms with E-state index in [0.29, 0.717) is 0 Å². The second-order valence-electron chi connectivity index (χ2n) is 6.22. The Labute approximate surface area is 103 Å². The predicted octanol–water partition coefficient (Wildman–Crippen LogP) is 2.96. The largest absolute Gasteiger partial charge is 0.387 e. The van der Waals surface area contributed by atoms with Crippen LogP contribution in [-0.2, 0) is 6.42 Å². The zero-order valence-corrected chi connectivity index (χ0v) is 10.7. The van der Waals surface area contributed by atoms with E-state index in [1.807, 2.05) is 0 Å². The van der Waals surface area contributed by atoms with Crippen molar-refractivity contribution in [2.45, 2.75) is 51.2 Å². The summed E-state index contributed by atoms with van der Waals surface area (Å²) < 4.78 is 0. The lowest BCUT2D eigenvalue weighted by molar-refractivity contribution is -0.0563. The van der Waals surface area contributed by atoms with Gasteiger partial charge in [-0.05, 0) is 42.7 Å². The molecule has 0 aromatic heterocycles. The van der Waals surface area contributed by atoms with Crippen LogP contribution in [-0.4, -0.2) is 16.7 Å². The smallest absolute Gasteiger partial charge is 0.0901 e. The maximum absolute atomic E-state index is 11.0. The minimum atomic E-state index is -0.563. The van der Waals surface area contributed by atoms with Crippen LogP contribution in [0.5, 0.6) is 0 Å². The van der Waals surface area contributed by atoms with E-state index in [2.05, 4.69) is 43.4 Å². The van der Waals surface area contributed by atoms with Crippen molar-refractivity contribution in [2.75, 3.05) is 5.32 Å². The number of aliphatic hydroxyl groups is 1. The lowest BCUT2D eigenvalue weighted by atomic mass is 9.72. The van der Waals surface area contributed by atoms with E-state index < -0.39 is 5.60 Å². The van der Waals surface area contributed by atoms with Crippen LogP contribution >= 0.6 is 0 Å². The van der Waals surface area contributed by atoms with Gasteiger partial charge in [0.1, 0.15) is 0 Å². The molecule has 1 aliphatic heterocycles. The predicted molar refractivity (Wildman–Crippen MR) is 70.1 cm³/mol. The van der Waals surface area contributed by atoms with Crippen molar-refractivity contribution in [3.8, 4) is 0 Å². The molecule has 3 rings (SSSR count). The van der Waals surface area contributed by atoms with Crippen molar-refractivity contribution in [3.63, 3.8) is 0 Å². The Hall–Kier alpha value is -1.02. The zero-order chi connectivity index (χ0) is 12.1. The summed E-state index contributed by atoms with van der Waals surface area (Å²) in [5, 5.41) is 14.6. The monoisotopic (exact) mass is 231 g/mol. The van der Waals surface area contributed by atoms with Crippen LogP contribution in [0.3, 0.4) is 0 Å². The Morgan fingerprint density at radius 2 is 2.00 bits per heavy atom. The normalized spacial score (nSPS) is 34.4. The van der Waals surface area contributed by atoms with Gasteiger partial charge in [-0.1, -0.05) is 32.0 Å². The molecule has 2 heteroatoms. The topological polar surface area (TPSA) is 32.3 Å². The minimum absolute atomic E-state index is 0.0205. The lowest BCUT2D eigenvalue weighted by Crippen LogP contribution is -2.53. The maximum atomic E-state index is 11.0. The number of hydrogen-bond donors (Lipinski definition) is 2. The van der Waals surface area contributed by atoms with Crippen LogP contribution in [0.4, 0.5) is 5.69 Å². The summed E-state index contributed by atoms with van der Waals surface area (Å²) in [6, 6.07) is 8.58. The molecule has 0 spiro atoms. The molecule has 2 N–H and O–H groups in total. The molecule has 92 valence electrons. The third-order valence-electron chi connectivity index (χ3n) is 4.88. The second kappa shape index (κ2) is 3.49. The number of para-hydroxylation sites is 1. The first kappa shape index (κ1) is 11.1. The van der Waals surface area contributed by atoms with Gasteiger partial charge in [-0.2, -0.15) is 0 Å². The van der Waals surface area contributed by atoms with Crippen molar-refractivity contribution in [1.29, 1.82) is 0 Å². The standard InChI is InChI=1S/C15H21NO/c1-14(2)8-5-9-15(14,17)13-10-11-6-3-4-7-12(11)16-13/h3-4,6-7,13,16-17H,5,8-10H2,1-2H3. The number of fused-ring (bicyclic) bond motifs is 1. The van der Waals surface area contributed by atoms with E-state index in [-0.39, 0.29) is 11.5 Å². The Morgan fingerprint density at radius 1 is 1.24 bits per heavy atom. The quantitative estimate of drug-likeness (QED) is 0.779. The van der Waals surface area contributed by atoms with Crippen LogP contribution in [0, 0.1) is 5.41 Å². The fourth-order valence-electron chi connectivity index (χ4n) is 3.59. The third-order valence-corrected chi connectivity index (χ3v) is 4.88. The zero-order valence-electron chi connectivity index (χ0n) is 10.7. The Kier molecular flexibility index (Phi) is 2.27. The number of anilines is 1. The minimum Gasteiger partial charge on any atom is -0.387 e. The van der Waals surface area contributed by atoms with Crippen LogP contribution in [0.1, 0.15) is 38.7 Å². The third kappa shape index (κ3) is 1.50. The van der Waals surface area contributed by atoms with Gasteiger partial charge in [-0.15, -0.1) is 0 Å². The summed E-state index contributed by atoms with van der Waals surface area (Å²) in [4.78, 5) is 0. The second-order valence-corrected chi connectivity index (χ2v) is 6.22. The van der Waals surface area contributed by atoms with Crippen LogP contribution in [0.2, 0.25) is 0 Å². The van der Waals surface area contributed by atoms with Crippen LogP contribution < -0.4 is 5.32 Å². The highest BCUT2D eigenvalue weighted by atomic mass is 16.3.